The second-order valence-corrected chi connectivity index (χ2v) is 5.26. The molecule has 0 aromatic heterocycles. The molecule has 1 aromatic rings. The lowest BCUT2D eigenvalue weighted by atomic mass is 9.96. The molecule has 0 amide bonds. The molecule has 0 aliphatic carbocycles. The molecule has 0 spiro atoms. The van der Waals surface area contributed by atoms with Gasteiger partial charge in [0.1, 0.15) is 0 Å². The molecule has 1 atom stereocenters. The van der Waals surface area contributed by atoms with E-state index in [2.05, 4.69) is 12.2 Å². The first kappa shape index (κ1) is 15.5. The molecule has 0 heterocycles. The van der Waals surface area contributed by atoms with E-state index < -0.39 is 5.60 Å². The van der Waals surface area contributed by atoms with Crippen molar-refractivity contribution in [2.45, 2.75) is 51.7 Å². The molecule has 3 heteroatoms. The van der Waals surface area contributed by atoms with Crippen LogP contribution in [0.3, 0.4) is 0 Å². The molecule has 0 radical (unpaired) electrons. The molecule has 0 aliphatic rings. The quantitative estimate of drug-likeness (QED) is 0.786. The third-order valence-electron chi connectivity index (χ3n) is 3.67. The third kappa shape index (κ3) is 4.27. The van der Waals surface area contributed by atoms with Crippen LogP contribution >= 0.6 is 11.6 Å². The van der Waals surface area contributed by atoms with E-state index in [9.17, 15) is 5.11 Å². The minimum Gasteiger partial charge on any atom is -0.389 e. The molecule has 18 heavy (non-hydrogen) atoms. The van der Waals surface area contributed by atoms with Crippen molar-refractivity contribution in [2.24, 2.45) is 0 Å². The van der Waals surface area contributed by atoms with Crippen LogP contribution in [0.5, 0.6) is 0 Å². The highest BCUT2D eigenvalue weighted by molar-refractivity contribution is 6.30. The van der Waals surface area contributed by atoms with Gasteiger partial charge in [-0.15, -0.1) is 0 Å². The van der Waals surface area contributed by atoms with Gasteiger partial charge >= 0.3 is 0 Å². The highest BCUT2D eigenvalue weighted by Crippen LogP contribution is 2.21. The van der Waals surface area contributed by atoms with E-state index in [0.717, 1.165) is 24.3 Å². The molecule has 0 bridgehead atoms. The van der Waals surface area contributed by atoms with E-state index >= 15 is 0 Å². The summed E-state index contributed by atoms with van der Waals surface area (Å²) in [5.41, 5.74) is 0.622. The molecule has 2 nitrogen and oxygen atoms in total. The summed E-state index contributed by atoms with van der Waals surface area (Å²) in [5, 5.41) is 14.5. The van der Waals surface area contributed by atoms with Crippen LogP contribution in [-0.2, 0) is 0 Å². The molecule has 1 rings (SSSR count). The van der Waals surface area contributed by atoms with E-state index in [1.165, 1.54) is 5.56 Å². The highest BCUT2D eigenvalue weighted by atomic mass is 35.5. The summed E-state index contributed by atoms with van der Waals surface area (Å²) in [5.74, 6) is 0. The van der Waals surface area contributed by atoms with Gasteiger partial charge in [0.05, 0.1) is 5.60 Å². The van der Waals surface area contributed by atoms with Crippen molar-refractivity contribution in [1.29, 1.82) is 0 Å². The Labute approximate surface area is 115 Å². The van der Waals surface area contributed by atoms with Gasteiger partial charge in [-0.05, 0) is 37.0 Å². The molecule has 0 saturated carbocycles. The molecule has 2 N–H and O–H groups in total. The lowest BCUT2D eigenvalue weighted by molar-refractivity contribution is 0.0297. The molecule has 1 unspecified atom stereocenters. The van der Waals surface area contributed by atoms with Gasteiger partial charge < -0.3 is 10.4 Å². The molecule has 0 aliphatic heterocycles. The Bertz CT molecular complexity index is 346. The normalized spacial score (nSPS) is 13.6. The van der Waals surface area contributed by atoms with E-state index in [1.54, 1.807) is 0 Å². The Morgan fingerprint density at radius 1 is 1.17 bits per heavy atom. The largest absolute Gasteiger partial charge is 0.389 e. The Morgan fingerprint density at radius 3 is 2.17 bits per heavy atom. The first-order chi connectivity index (χ1) is 8.54. The fraction of sp³-hybridized carbons (Fsp3) is 0.600. The minimum atomic E-state index is -0.597. The zero-order valence-corrected chi connectivity index (χ0v) is 12.3. The number of hydrogen-bond acceptors (Lipinski definition) is 2. The van der Waals surface area contributed by atoms with Crippen LogP contribution in [-0.4, -0.2) is 17.3 Å². The van der Waals surface area contributed by atoms with Crippen LogP contribution in [0.15, 0.2) is 24.3 Å². The van der Waals surface area contributed by atoms with Crippen molar-refractivity contribution >= 4 is 11.6 Å². The SMILES string of the molecule is CCC(NCC(O)(CC)CC)c1ccc(Cl)cc1. The fourth-order valence-corrected chi connectivity index (χ4v) is 2.13. The predicted molar refractivity (Wildman–Crippen MR) is 78.0 cm³/mol. The molecule has 0 fully saturated rings. The van der Waals surface area contributed by atoms with E-state index in [0.29, 0.717) is 6.54 Å². The Morgan fingerprint density at radius 2 is 1.72 bits per heavy atom. The summed E-state index contributed by atoms with van der Waals surface area (Å²) in [4.78, 5) is 0. The third-order valence-corrected chi connectivity index (χ3v) is 3.93. The molecule has 1 aromatic carbocycles. The van der Waals surface area contributed by atoms with Gasteiger partial charge in [-0.2, -0.15) is 0 Å². The summed E-state index contributed by atoms with van der Waals surface area (Å²) in [6, 6.07) is 8.17. The summed E-state index contributed by atoms with van der Waals surface area (Å²) in [6.45, 7) is 6.81. The Balaban J connectivity index is 2.65. The summed E-state index contributed by atoms with van der Waals surface area (Å²) >= 11 is 5.89. The maximum atomic E-state index is 10.3. The van der Waals surface area contributed by atoms with Gasteiger partial charge in [0, 0.05) is 17.6 Å². The monoisotopic (exact) mass is 269 g/mol. The number of nitrogens with one attached hydrogen (secondary N) is 1. The van der Waals surface area contributed by atoms with Crippen LogP contribution in [0.4, 0.5) is 0 Å². The molecular formula is C15H24ClNO. The average molecular weight is 270 g/mol. The van der Waals surface area contributed by atoms with Crippen molar-refractivity contribution in [2.75, 3.05) is 6.54 Å². The lowest BCUT2D eigenvalue weighted by Gasteiger charge is -2.28. The highest BCUT2D eigenvalue weighted by Gasteiger charge is 2.23. The fourth-order valence-electron chi connectivity index (χ4n) is 2.01. The number of aliphatic hydroxyl groups is 1. The van der Waals surface area contributed by atoms with Gasteiger partial charge in [0.25, 0.3) is 0 Å². The topological polar surface area (TPSA) is 32.3 Å². The Hall–Kier alpha value is -0.570. The van der Waals surface area contributed by atoms with Crippen molar-refractivity contribution in [3.63, 3.8) is 0 Å². The first-order valence-corrected chi connectivity index (χ1v) is 7.13. The van der Waals surface area contributed by atoms with Crippen molar-refractivity contribution in [3.05, 3.63) is 34.9 Å². The van der Waals surface area contributed by atoms with E-state index in [-0.39, 0.29) is 6.04 Å². The van der Waals surface area contributed by atoms with Crippen LogP contribution in [0.25, 0.3) is 0 Å². The predicted octanol–water partition coefficient (Wildman–Crippen LogP) is 3.93. The zero-order chi connectivity index (χ0) is 13.6. The van der Waals surface area contributed by atoms with Crippen LogP contribution in [0.2, 0.25) is 5.02 Å². The van der Waals surface area contributed by atoms with Crippen molar-refractivity contribution in [3.8, 4) is 0 Å². The standard InChI is InChI=1S/C15H24ClNO/c1-4-14(12-7-9-13(16)10-8-12)17-11-15(18,5-2)6-3/h7-10,14,17-18H,4-6,11H2,1-3H3. The van der Waals surface area contributed by atoms with Gasteiger partial charge in [0.2, 0.25) is 0 Å². The van der Waals surface area contributed by atoms with Gasteiger partial charge in [-0.3, -0.25) is 0 Å². The summed E-state index contributed by atoms with van der Waals surface area (Å²) in [6.07, 6.45) is 2.53. The Kier molecular flexibility index (Phi) is 6.13. The number of rotatable bonds is 7. The maximum Gasteiger partial charge on any atom is 0.0766 e. The molecule has 0 saturated heterocycles. The van der Waals surface area contributed by atoms with Crippen LogP contribution in [0, 0.1) is 0 Å². The second-order valence-electron chi connectivity index (χ2n) is 4.82. The smallest absolute Gasteiger partial charge is 0.0766 e. The summed E-state index contributed by atoms with van der Waals surface area (Å²) < 4.78 is 0. The van der Waals surface area contributed by atoms with E-state index in [4.69, 9.17) is 11.6 Å². The zero-order valence-electron chi connectivity index (χ0n) is 11.5. The minimum absolute atomic E-state index is 0.270. The molecular weight excluding hydrogens is 246 g/mol. The maximum absolute atomic E-state index is 10.3. The van der Waals surface area contributed by atoms with Gasteiger partial charge in [0.15, 0.2) is 0 Å². The average Bonchev–Trinajstić information content (AvgIpc) is 2.41. The van der Waals surface area contributed by atoms with Crippen molar-refractivity contribution in [1.82, 2.24) is 5.32 Å². The van der Waals surface area contributed by atoms with Gasteiger partial charge in [-0.1, -0.05) is 44.5 Å². The summed E-state index contributed by atoms with van der Waals surface area (Å²) in [7, 11) is 0. The second kappa shape index (κ2) is 7.13. The molecule has 102 valence electrons. The lowest BCUT2D eigenvalue weighted by Crippen LogP contribution is -2.40. The number of hydrogen-bond donors (Lipinski definition) is 2. The van der Waals surface area contributed by atoms with E-state index in [1.807, 2.05) is 38.1 Å². The van der Waals surface area contributed by atoms with Crippen LogP contribution in [0.1, 0.15) is 51.6 Å². The van der Waals surface area contributed by atoms with Crippen LogP contribution < -0.4 is 5.32 Å². The van der Waals surface area contributed by atoms with Crippen molar-refractivity contribution < 1.29 is 5.11 Å². The van der Waals surface area contributed by atoms with Gasteiger partial charge in [-0.25, -0.2) is 0 Å². The number of benzene rings is 1. The first-order valence-electron chi connectivity index (χ1n) is 6.76. The number of halogens is 1.